The van der Waals surface area contributed by atoms with Gasteiger partial charge in [-0.05, 0) is 57.2 Å². The van der Waals surface area contributed by atoms with Crippen LogP contribution in [0.15, 0.2) is 18.2 Å². The van der Waals surface area contributed by atoms with Gasteiger partial charge in [0.05, 0.1) is 6.42 Å². The van der Waals surface area contributed by atoms with Gasteiger partial charge in [-0.1, -0.05) is 6.07 Å². The number of hydrogen-bond acceptors (Lipinski definition) is 5. The van der Waals surface area contributed by atoms with E-state index in [9.17, 15) is 9.59 Å². The molecule has 0 radical (unpaired) electrons. The number of carbonyl (C=O) groups is 2. The van der Waals surface area contributed by atoms with Crippen molar-refractivity contribution in [3.8, 4) is 11.5 Å². The molecule has 1 aliphatic carbocycles. The third-order valence-corrected chi connectivity index (χ3v) is 5.70. The van der Waals surface area contributed by atoms with Gasteiger partial charge in [-0.15, -0.1) is 0 Å². The van der Waals surface area contributed by atoms with Crippen molar-refractivity contribution in [2.45, 2.75) is 51.7 Å². The number of carbonyl (C=O) groups excluding carboxylic acids is 2. The van der Waals surface area contributed by atoms with E-state index in [0.29, 0.717) is 30.6 Å². The van der Waals surface area contributed by atoms with Crippen LogP contribution in [0.2, 0.25) is 0 Å². The van der Waals surface area contributed by atoms with Gasteiger partial charge in [-0.2, -0.15) is 0 Å². The Hall–Kier alpha value is -2.44. The zero-order valence-corrected chi connectivity index (χ0v) is 16.7. The maximum absolute atomic E-state index is 12.8. The lowest BCUT2D eigenvalue weighted by molar-refractivity contribution is -0.129. The van der Waals surface area contributed by atoms with E-state index in [4.69, 9.17) is 14.2 Å². The number of ether oxygens (including phenoxy) is 3. The molecule has 0 spiro atoms. The lowest BCUT2D eigenvalue weighted by Crippen LogP contribution is -2.42. The number of rotatable bonds is 3. The molecule has 4 rings (SSSR count). The van der Waals surface area contributed by atoms with Crippen LogP contribution in [0, 0.1) is 11.8 Å². The van der Waals surface area contributed by atoms with Crippen molar-refractivity contribution in [1.29, 1.82) is 0 Å². The minimum Gasteiger partial charge on any atom is -0.454 e. The quantitative estimate of drug-likeness (QED) is 0.862. The summed E-state index contributed by atoms with van der Waals surface area (Å²) in [6.45, 7) is 7.26. The number of alkyl carbamates (subject to hydrolysis) is 1. The summed E-state index contributed by atoms with van der Waals surface area (Å²) in [5.74, 6) is 2.28. The van der Waals surface area contributed by atoms with E-state index in [1.807, 2.05) is 43.9 Å². The van der Waals surface area contributed by atoms with Crippen molar-refractivity contribution in [1.82, 2.24) is 10.2 Å². The van der Waals surface area contributed by atoms with Crippen LogP contribution in [0.3, 0.4) is 0 Å². The summed E-state index contributed by atoms with van der Waals surface area (Å²) in [5, 5.41) is 3.01. The average Bonchev–Trinajstić information content (AvgIpc) is 3.29. The smallest absolute Gasteiger partial charge is 0.407 e. The molecule has 0 bridgehead atoms. The predicted octanol–water partition coefficient (Wildman–Crippen LogP) is 2.72. The number of fused-ring (bicyclic) bond motifs is 2. The molecule has 7 heteroatoms. The molecule has 1 aromatic rings. The maximum Gasteiger partial charge on any atom is 0.407 e. The third kappa shape index (κ3) is 4.03. The molecule has 1 N–H and O–H groups in total. The van der Waals surface area contributed by atoms with Crippen molar-refractivity contribution in [2.75, 3.05) is 19.9 Å². The summed E-state index contributed by atoms with van der Waals surface area (Å²) in [5.41, 5.74) is 0.416. The van der Waals surface area contributed by atoms with E-state index in [-0.39, 0.29) is 24.8 Å². The van der Waals surface area contributed by atoms with Gasteiger partial charge in [0.2, 0.25) is 12.7 Å². The fourth-order valence-electron chi connectivity index (χ4n) is 4.44. The summed E-state index contributed by atoms with van der Waals surface area (Å²) in [4.78, 5) is 26.9. The highest BCUT2D eigenvalue weighted by Crippen LogP contribution is 2.39. The van der Waals surface area contributed by atoms with Crippen LogP contribution in [0.5, 0.6) is 11.5 Å². The Morgan fingerprint density at radius 1 is 1.18 bits per heavy atom. The van der Waals surface area contributed by atoms with Crippen molar-refractivity contribution in [3.63, 3.8) is 0 Å². The molecule has 3 aliphatic rings. The second-order valence-corrected chi connectivity index (χ2v) is 8.92. The minimum absolute atomic E-state index is 0.0724. The Labute approximate surface area is 165 Å². The largest absolute Gasteiger partial charge is 0.454 e. The van der Waals surface area contributed by atoms with Gasteiger partial charge in [-0.25, -0.2) is 4.79 Å². The second kappa shape index (κ2) is 7.18. The minimum atomic E-state index is -0.510. The molecule has 2 aliphatic heterocycles. The van der Waals surface area contributed by atoms with E-state index in [0.717, 1.165) is 30.7 Å². The molecular formula is C21H28N2O5. The fourth-order valence-corrected chi connectivity index (χ4v) is 4.44. The molecule has 1 saturated carbocycles. The lowest BCUT2D eigenvalue weighted by Gasteiger charge is -2.25. The van der Waals surface area contributed by atoms with Crippen molar-refractivity contribution in [3.05, 3.63) is 23.8 Å². The number of nitrogens with zero attached hydrogens (tertiary/aromatic N) is 1. The van der Waals surface area contributed by atoms with Crippen LogP contribution in [-0.4, -0.2) is 48.4 Å². The summed E-state index contributed by atoms with van der Waals surface area (Å²) >= 11 is 0. The number of likely N-dealkylation sites (tertiary alicyclic amines) is 1. The molecule has 2 fully saturated rings. The Balaban J connectivity index is 1.33. The first-order valence-electron chi connectivity index (χ1n) is 9.94. The van der Waals surface area contributed by atoms with E-state index >= 15 is 0 Å². The van der Waals surface area contributed by atoms with Crippen LogP contribution in [0.1, 0.15) is 39.2 Å². The predicted molar refractivity (Wildman–Crippen MR) is 102 cm³/mol. The molecular weight excluding hydrogens is 360 g/mol. The molecule has 7 nitrogen and oxygen atoms in total. The second-order valence-electron chi connectivity index (χ2n) is 8.92. The molecule has 1 aromatic carbocycles. The van der Waals surface area contributed by atoms with Gasteiger partial charge < -0.3 is 24.4 Å². The standard InChI is InChI=1S/C21H28N2O5/c1-21(2,3)28-20(25)22-16-6-5-14-10-23(11-15(14)16)19(24)9-13-4-7-17-18(8-13)27-12-26-17/h4,7-8,14-16H,5-6,9-12H2,1-3H3,(H,22,25)/t14-,15+,16+/m0/s1. The Morgan fingerprint density at radius 2 is 1.96 bits per heavy atom. The number of nitrogens with one attached hydrogen (secondary N) is 1. The van der Waals surface area contributed by atoms with Crippen molar-refractivity contribution in [2.24, 2.45) is 11.8 Å². The van der Waals surface area contributed by atoms with Gasteiger partial charge in [0.1, 0.15) is 5.60 Å². The van der Waals surface area contributed by atoms with E-state index in [1.54, 1.807) is 0 Å². The highest BCUT2D eigenvalue weighted by molar-refractivity contribution is 5.79. The van der Waals surface area contributed by atoms with Gasteiger partial charge in [-0.3, -0.25) is 4.79 Å². The first-order chi connectivity index (χ1) is 13.3. The summed E-state index contributed by atoms with van der Waals surface area (Å²) in [7, 11) is 0. The SMILES string of the molecule is CC(C)(C)OC(=O)N[C@@H]1CC[C@H]2CN(C(=O)Cc3ccc4c(c3)OCO4)C[C@H]21. The van der Waals surface area contributed by atoms with Crippen LogP contribution in [0.4, 0.5) is 4.79 Å². The Kier molecular flexibility index (Phi) is 4.85. The Bertz CT molecular complexity index is 773. The zero-order chi connectivity index (χ0) is 19.9. The van der Waals surface area contributed by atoms with Crippen LogP contribution in [-0.2, 0) is 16.0 Å². The number of amides is 2. The van der Waals surface area contributed by atoms with E-state index < -0.39 is 5.60 Å². The van der Waals surface area contributed by atoms with Crippen LogP contribution in [0.25, 0.3) is 0 Å². The number of benzene rings is 1. The molecule has 28 heavy (non-hydrogen) atoms. The van der Waals surface area contributed by atoms with Gasteiger partial charge in [0.25, 0.3) is 0 Å². The lowest BCUT2D eigenvalue weighted by atomic mass is 9.98. The molecule has 2 heterocycles. The molecule has 3 atom stereocenters. The monoisotopic (exact) mass is 388 g/mol. The van der Waals surface area contributed by atoms with Gasteiger partial charge in [0.15, 0.2) is 11.5 Å². The summed E-state index contributed by atoms with van der Waals surface area (Å²) in [6, 6.07) is 5.71. The summed E-state index contributed by atoms with van der Waals surface area (Å²) in [6.07, 6.45) is 1.95. The average molecular weight is 388 g/mol. The van der Waals surface area contributed by atoms with Crippen molar-refractivity contribution >= 4 is 12.0 Å². The van der Waals surface area contributed by atoms with E-state index in [2.05, 4.69) is 5.32 Å². The molecule has 2 amide bonds. The molecule has 0 aromatic heterocycles. The highest BCUT2D eigenvalue weighted by atomic mass is 16.7. The molecule has 152 valence electrons. The third-order valence-electron chi connectivity index (χ3n) is 5.70. The maximum atomic E-state index is 12.8. The van der Waals surface area contributed by atoms with Crippen molar-refractivity contribution < 1.29 is 23.8 Å². The first kappa shape index (κ1) is 18.9. The number of hydrogen-bond donors (Lipinski definition) is 1. The summed E-state index contributed by atoms with van der Waals surface area (Å²) < 4.78 is 16.1. The first-order valence-corrected chi connectivity index (χ1v) is 9.94. The molecule has 0 unspecified atom stereocenters. The van der Waals surface area contributed by atoms with Gasteiger partial charge in [0, 0.05) is 25.0 Å². The molecule has 1 saturated heterocycles. The van der Waals surface area contributed by atoms with E-state index in [1.165, 1.54) is 0 Å². The topological polar surface area (TPSA) is 77.1 Å². The Morgan fingerprint density at radius 3 is 2.75 bits per heavy atom. The van der Waals surface area contributed by atoms with Crippen LogP contribution < -0.4 is 14.8 Å². The fraction of sp³-hybridized carbons (Fsp3) is 0.619. The normalized spacial score (nSPS) is 25.5. The van der Waals surface area contributed by atoms with Crippen LogP contribution >= 0.6 is 0 Å². The van der Waals surface area contributed by atoms with Gasteiger partial charge >= 0.3 is 6.09 Å². The highest BCUT2D eigenvalue weighted by Gasteiger charge is 2.44. The zero-order valence-electron chi connectivity index (χ0n) is 16.7.